The number of halogens is 3. The quantitative estimate of drug-likeness (QED) is 0.858. The summed E-state index contributed by atoms with van der Waals surface area (Å²) >= 11 is 0. The number of alkyl halides is 2. The normalized spacial score (nSPS) is 12.5. The van der Waals surface area contributed by atoms with Crippen LogP contribution in [0.25, 0.3) is 10.8 Å². The van der Waals surface area contributed by atoms with E-state index in [1.165, 1.54) is 0 Å². The molecular weight excluding hydrogens is 232 g/mol. The Balaban J connectivity index is 0.00000128. The lowest BCUT2D eigenvalue weighted by Crippen LogP contribution is -2.18. The van der Waals surface area contributed by atoms with Gasteiger partial charge in [-0.3, -0.25) is 0 Å². The van der Waals surface area contributed by atoms with Gasteiger partial charge in [0.1, 0.15) is 0 Å². The predicted molar refractivity (Wildman–Crippen MR) is 64.1 cm³/mol. The Kier molecular flexibility index (Phi) is 4.21. The van der Waals surface area contributed by atoms with Crippen molar-refractivity contribution >= 4 is 23.2 Å². The van der Waals surface area contributed by atoms with E-state index in [-0.39, 0.29) is 12.4 Å². The zero-order valence-corrected chi connectivity index (χ0v) is 9.25. The summed E-state index contributed by atoms with van der Waals surface area (Å²) in [6.45, 7) is 0. The predicted octanol–water partition coefficient (Wildman–Crippen LogP) is 3.53. The highest BCUT2D eigenvalue weighted by Gasteiger charge is 2.17. The molecule has 4 heteroatoms. The van der Waals surface area contributed by atoms with Crippen LogP contribution in [0.2, 0.25) is 0 Å². The molecule has 0 aliphatic carbocycles. The number of fused-ring (bicyclic) bond motifs is 1. The minimum Gasteiger partial charge on any atom is -0.319 e. The van der Waals surface area contributed by atoms with Crippen LogP contribution in [-0.4, -0.2) is 6.43 Å². The van der Waals surface area contributed by atoms with Gasteiger partial charge in [0.15, 0.2) is 0 Å². The third kappa shape index (κ3) is 2.49. The Bertz CT molecular complexity index is 473. The summed E-state index contributed by atoms with van der Waals surface area (Å²) in [6.07, 6.45) is -2.52. The summed E-state index contributed by atoms with van der Waals surface area (Å²) in [5.41, 5.74) is 5.85. The fraction of sp³-hybridized carbons (Fsp3) is 0.167. The van der Waals surface area contributed by atoms with Crippen LogP contribution in [0.3, 0.4) is 0 Å². The lowest BCUT2D eigenvalue weighted by atomic mass is 10.0. The number of rotatable bonds is 2. The van der Waals surface area contributed by atoms with Crippen LogP contribution in [0.1, 0.15) is 11.6 Å². The van der Waals surface area contributed by atoms with Crippen molar-refractivity contribution in [3.05, 3.63) is 48.0 Å². The zero-order chi connectivity index (χ0) is 10.8. The number of hydrogen-bond donors (Lipinski definition) is 1. The molecule has 0 saturated carbocycles. The molecule has 0 spiro atoms. The van der Waals surface area contributed by atoms with Crippen molar-refractivity contribution in [1.82, 2.24) is 0 Å². The molecule has 16 heavy (non-hydrogen) atoms. The third-order valence-corrected chi connectivity index (χ3v) is 2.43. The van der Waals surface area contributed by atoms with Crippen LogP contribution in [0, 0.1) is 0 Å². The monoisotopic (exact) mass is 243 g/mol. The molecule has 2 N–H and O–H groups in total. The maximum atomic E-state index is 12.4. The summed E-state index contributed by atoms with van der Waals surface area (Å²) in [5.74, 6) is 0. The van der Waals surface area contributed by atoms with Crippen LogP contribution in [0.5, 0.6) is 0 Å². The Morgan fingerprint density at radius 1 is 0.938 bits per heavy atom. The minimum absolute atomic E-state index is 0. The van der Waals surface area contributed by atoms with Crippen molar-refractivity contribution in [2.75, 3.05) is 0 Å². The lowest BCUT2D eigenvalue weighted by Gasteiger charge is -2.11. The molecule has 2 aromatic carbocycles. The molecule has 0 heterocycles. The maximum absolute atomic E-state index is 12.4. The van der Waals surface area contributed by atoms with Crippen molar-refractivity contribution in [3.8, 4) is 0 Å². The Labute approximate surface area is 98.7 Å². The molecule has 1 nitrogen and oxygen atoms in total. The molecule has 0 aliphatic rings. The van der Waals surface area contributed by atoms with Crippen molar-refractivity contribution in [2.24, 2.45) is 5.73 Å². The largest absolute Gasteiger partial charge is 0.319 e. The molecule has 0 saturated heterocycles. The molecule has 0 radical (unpaired) electrons. The van der Waals surface area contributed by atoms with Gasteiger partial charge in [0.2, 0.25) is 0 Å². The highest BCUT2D eigenvalue weighted by atomic mass is 35.5. The number of nitrogens with two attached hydrogens (primary N) is 1. The second kappa shape index (κ2) is 5.23. The van der Waals surface area contributed by atoms with E-state index in [1.807, 2.05) is 30.3 Å². The lowest BCUT2D eigenvalue weighted by molar-refractivity contribution is 0.116. The molecule has 1 atom stereocenters. The highest BCUT2D eigenvalue weighted by molar-refractivity contribution is 5.85. The van der Waals surface area contributed by atoms with E-state index in [9.17, 15) is 8.78 Å². The van der Waals surface area contributed by atoms with Crippen molar-refractivity contribution in [1.29, 1.82) is 0 Å². The summed E-state index contributed by atoms with van der Waals surface area (Å²) in [7, 11) is 0. The van der Waals surface area contributed by atoms with Gasteiger partial charge in [-0.2, -0.15) is 0 Å². The Morgan fingerprint density at radius 2 is 1.56 bits per heavy atom. The van der Waals surface area contributed by atoms with Crippen LogP contribution >= 0.6 is 12.4 Å². The molecule has 0 amide bonds. The van der Waals surface area contributed by atoms with Gasteiger partial charge in [-0.15, -0.1) is 12.4 Å². The second-order valence-electron chi connectivity index (χ2n) is 3.47. The molecular formula is C12H12ClF2N. The first-order chi connectivity index (χ1) is 7.18. The first kappa shape index (κ1) is 12.9. The maximum Gasteiger partial charge on any atom is 0.257 e. The minimum atomic E-state index is -2.52. The van der Waals surface area contributed by atoms with E-state index in [0.29, 0.717) is 5.56 Å². The van der Waals surface area contributed by atoms with Crippen LogP contribution in [0.15, 0.2) is 42.5 Å². The van der Waals surface area contributed by atoms with Crippen molar-refractivity contribution in [3.63, 3.8) is 0 Å². The Hall–Kier alpha value is -1.19. The topological polar surface area (TPSA) is 26.0 Å². The molecule has 0 bridgehead atoms. The number of hydrogen-bond acceptors (Lipinski definition) is 1. The van der Waals surface area contributed by atoms with Crippen molar-refractivity contribution < 1.29 is 8.78 Å². The Morgan fingerprint density at radius 3 is 2.19 bits per heavy atom. The van der Waals surface area contributed by atoms with Gasteiger partial charge in [0, 0.05) is 0 Å². The molecule has 86 valence electrons. The molecule has 0 aliphatic heterocycles. The van der Waals surface area contributed by atoms with Crippen molar-refractivity contribution in [2.45, 2.75) is 12.5 Å². The third-order valence-electron chi connectivity index (χ3n) is 2.43. The SMILES string of the molecule is Cl.N[C@H](c1ccc2ccccc2c1)C(F)F. The van der Waals surface area contributed by atoms with Gasteiger partial charge >= 0.3 is 0 Å². The van der Waals surface area contributed by atoms with Gasteiger partial charge in [0.05, 0.1) is 6.04 Å². The zero-order valence-electron chi connectivity index (χ0n) is 8.44. The van der Waals surface area contributed by atoms with E-state index in [2.05, 4.69) is 0 Å². The molecule has 0 aromatic heterocycles. The fourth-order valence-corrected chi connectivity index (χ4v) is 1.56. The summed E-state index contributed by atoms with van der Waals surface area (Å²) in [5, 5.41) is 1.97. The van der Waals surface area contributed by atoms with E-state index in [0.717, 1.165) is 10.8 Å². The van der Waals surface area contributed by atoms with Crippen LogP contribution < -0.4 is 5.73 Å². The highest BCUT2D eigenvalue weighted by Crippen LogP contribution is 2.22. The van der Waals surface area contributed by atoms with Crippen LogP contribution in [-0.2, 0) is 0 Å². The average molecular weight is 244 g/mol. The van der Waals surface area contributed by atoms with Gasteiger partial charge < -0.3 is 5.73 Å². The molecule has 2 aromatic rings. The van der Waals surface area contributed by atoms with E-state index in [1.54, 1.807) is 12.1 Å². The van der Waals surface area contributed by atoms with Gasteiger partial charge in [-0.05, 0) is 22.4 Å². The van der Waals surface area contributed by atoms with E-state index in [4.69, 9.17) is 5.73 Å². The van der Waals surface area contributed by atoms with Gasteiger partial charge in [0.25, 0.3) is 6.43 Å². The second-order valence-corrected chi connectivity index (χ2v) is 3.47. The first-order valence-electron chi connectivity index (χ1n) is 4.71. The van der Waals surface area contributed by atoms with E-state index < -0.39 is 12.5 Å². The number of benzene rings is 2. The van der Waals surface area contributed by atoms with E-state index >= 15 is 0 Å². The first-order valence-corrected chi connectivity index (χ1v) is 4.71. The molecule has 0 fully saturated rings. The summed E-state index contributed by atoms with van der Waals surface area (Å²) in [6, 6.07) is 11.6. The average Bonchev–Trinajstić information content (AvgIpc) is 2.27. The van der Waals surface area contributed by atoms with Crippen LogP contribution in [0.4, 0.5) is 8.78 Å². The summed E-state index contributed by atoms with van der Waals surface area (Å²) < 4.78 is 24.8. The summed E-state index contributed by atoms with van der Waals surface area (Å²) in [4.78, 5) is 0. The molecule has 0 unspecified atom stereocenters. The smallest absolute Gasteiger partial charge is 0.257 e. The molecule has 2 rings (SSSR count). The fourth-order valence-electron chi connectivity index (χ4n) is 1.56. The van der Waals surface area contributed by atoms with Gasteiger partial charge in [-0.25, -0.2) is 8.78 Å². The van der Waals surface area contributed by atoms with Gasteiger partial charge in [-0.1, -0.05) is 36.4 Å². The standard InChI is InChI=1S/C12H11F2N.ClH/c13-12(14)11(15)10-6-5-8-3-1-2-4-9(8)7-10;/h1-7,11-12H,15H2;1H/t11-;/m1./s1.